The molecule has 0 bridgehead atoms. The summed E-state index contributed by atoms with van der Waals surface area (Å²) in [6.45, 7) is 8.71. The van der Waals surface area contributed by atoms with Gasteiger partial charge in [0.15, 0.2) is 0 Å². The zero-order chi connectivity index (χ0) is 20.8. The summed E-state index contributed by atoms with van der Waals surface area (Å²) >= 11 is 0. The summed E-state index contributed by atoms with van der Waals surface area (Å²) in [4.78, 5) is 10.4. The van der Waals surface area contributed by atoms with E-state index in [-0.39, 0.29) is 0 Å². The van der Waals surface area contributed by atoms with Crippen LogP contribution in [0.3, 0.4) is 0 Å². The van der Waals surface area contributed by atoms with Crippen molar-refractivity contribution in [2.24, 2.45) is 0 Å². The highest BCUT2D eigenvalue weighted by Crippen LogP contribution is 2.36. The van der Waals surface area contributed by atoms with Crippen molar-refractivity contribution in [3.63, 3.8) is 0 Å². The number of fused-ring (bicyclic) bond motifs is 3. The zero-order valence-corrected chi connectivity index (χ0v) is 17.8. The molecule has 0 aliphatic carbocycles. The minimum absolute atomic E-state index is 0.981. The smallest absolute Gasteiger partial charge is 0.0975 e. The lowest BCUT2D eigenvalue weighted by Gasteiger charge is -2.16. The zero-order valence-electron chi connectivity index (χ0n) is 17.8. The highest BCUT2D eigenvalue weighted by molar-refractivity contribution is 6.07. The van der Waals surface area contributed by atoms with E-state index < -0.39 is 0 Å². The van der Waals surface area contributed by atoms with Crippen molar-refractivity contribution in [2.75, 3.05) is 0 Å². The Hall–Kier alpha value is -3.52. The number of hydrogen-bond donors (Lipinski definition) is 0. The molecular formula is C28H24N2. The largest absolute Gasteiger partial charge is 0.245 e. The first kappa shape index (κ1) is 18.5. The number of hydrogen-bond acceptors (Lipinski definition) is 2. The molecule has 2 aromatic heterocycles. The lowest BCUT2D eigenvalue weighted by Crippen LogP contribution is -1.99. The Morgan fingerprint density at radius 1 is 0.433 bits per heavy atom. The second kappa shape index (κ2) is 7.07. The monoisotopic (exact) mass is 388 g/mol. The molecule has 0 saturated carbocycles. The third-order valence-corrected chi connectivity index (χ3v) is 6.34. The van der Waals surface area contributed by atoms with E-state index in [1.165, 1.54) is 33.0 Å². The Labute approximate surface area is 177 Å². The molecule has 2 nitrogen and oxygen atoms in total. The van der Waals surface area contributed by atoms with Gasteiger partial charge < -0.3 is 0 Å². The summed E-state index contributed by atoms with van der Waals surface area (Å²) in [5, 5.41) is 2.35. The SMILES string of the molecule is Cc1c(-c2ccccc2)nc2c(ccc3c(C)c(C)c(-c4ccccc4)nc32)c1C. The number of aryl methyl sites for hydroxylation is 2. The van der Waals surface area contributed by atoms with Crippen molar-refractivity contribution in [3.8, 4) is 22.5 Å². The van der Waals surface area contributed by atoms with Crippen LogP contribution >= 0.6 is 0 Å². The molecule has 0 atom stereocenters. The fraction of sp³-hybridized carbons (Fsp3) is 0.143. The second-order valence-electron chi connectivity index (χ2n) is 8.01. The molecule has 146 valence electrons. The van der Waals surface area contributed by atoms with Crippen LogP contribution in [0, 0.1) is 27.7 Å². The first-order valence-corrected chi connectivity index (χ1v) is 10.4. The molecule has 5 rings (SSSR count). The normalized spacial score (nSPS) is 11.3. The molecule has 0 N–H and O–H groups in total. The number of pyridine rings is 2. The number of benzene rings is 3. The van der Waals surface area contributed by atoms with Crippen LogP contribution in [-0.4, -0.2) is 9.97 Å². The van der Waals surface area contributed by atoms with E-state index in [2.05, 4.69) is 88.4 Å². The maximum atomic E-state index is 5.18. The summed E-state index contributed by atoms with van der Waals surface area (Å²) in [6.07, 6.45) is 0. The Kier molecular flexibility index (Phi) is 4.36. The average molecular weight is 389 g/mol. The van der Waals surface area contributed by atoms with Gasteiger partial charge in [-0.3, -0.25) is 0 Å². The van der Waals surface area contributed by atoms with Crippen LogP contribution < -0.4 is 0 Å². The molecule has 0 aliphatic rings. The van der Waals surface area contributed by atoms with E-state index >= 15 is 0 Å². The van der Waals surface area contributed by atoms with E-state index in [1.54, 1.807) is 0 Å². The first-order valence-electron chi connectivity index (χ1n) is 10.4. The second-order valence-corrected chi connectivity index (χ2v) is 8.01. The van der Waals surface area contributed by atoms with Crippen LogP contribution in [0.5, 0.6) is 0 Å². The minimum Gasteiger partial charge on any atom is -0.245 e. The highest BCUT2D eigenvalue weighted by atomic mass is 14.8. The van der Waals surface area contributed by atoms with Gasteiger partial charge in [0, 0.05) is 21.9 Å². The van der Waals surface area contributed by atoms with Crippen LogP contribution in [0.15, 0.2) is 72.8 Å². The van der Waals surface area contributed by atoms with Crippen LogP contribution in [0.25, 0.3) is 44.3 Å². The van der Waals surface area contributed by atoms with Gasteiger partial charge in [-0.2, -0.15) is 0 Å². The Bertz CT molecular complexity index is 1290. The molecule has 0 unspecified atom stereocenters. The predicted molar refractivity (Wildman–Crippen MR) is 127 cm³/mol. The van der Waals surface area contributed by atoms with Crippen molar-refractivity contribution in [3.05, 3.63) is 95.1 Å². The molecular weight excluding hydrogens is 364 g/mol. The van der Waals surface area contributed by atoms with Gasteiger partial charge in [0.2, 0.25) is 0 Å². The fourth-order valence-electron chi connectivity index (χ4n) is 4.32. The lowest BCUT2D eigenvalue weighted by molar-refractivity contribution is 1.25. The molecule has 30 heavy (non-hydrogen) atoms. The summed E-state index contributed by atoms with van der Waals surface area (Å²) in [6, 6.07) is 25.3. The molecule has 5 aromatic rings. The van der Waals surface area contributed by atoms with Gasteiger partial charge >= 0.3 is 0 Å². The van der Waals surface area contributed by atoms with Crippen LogP contribution in [-0.2, 0) is 0 Å². The molecule has 0 radical (unpaired) electrons. The van der Waals surface area contributed by atoms with Gasteiger partial charge in [-0.25, -0.2) is 9.97 Å². The van der Waals surface area contributed by atoms with E-state index in [4.69, 9.17) is 9.97 Å². The third-order valence-electron chi connectivity index (χ3n) is 6.34. The van der Waals surface area contributed by atoms with Gasteiger partial charge in [-0.1, -0.05) is 72.8 Å². The van der Waals surface area contributed by atoms with E-state index in [0.29, 0.717) is 0 Å². The van der Waals surface area contributed by atoms with E-state index in [9.17, 15) is 0 Å². The minimum atomic E-state index is 0.981. The maximum absolute atomic E-state index is 5.18. The number of nitrogens with zero attached hydrogens (tertiary/aromatic N) is 2. The van der Waals surface area contributed by atoms with Crippen LogP contribution in [0.1, 0.15) is 22.3 Å². The highest BCUT2D eigenvalue weighted by Gasteiger charge is 2.17. The van der Waals surface area contributed by atoms with Gasteiger partial charge in [0.25, 0.3) is 0 Å². The van der Waals surface area contributed by atoms with Gasteiger partial charge in [0.05, 0.1) is 22.4 Å². The summed E-state index contributed by atoms with van der Waals surface area (Å²) < 4.78 is 0. The van der Waals surface area contributed by atoms with Crippen LogP contribution in [0.2, 0.25) is 0 Å². The van der Waals surface area contributed by atoms with Crippen molar-refractivity contribution < 1.29 is 0 Å². The predicted octanol–water partition coefficient (Wildman–Crippen LogP) is 7.35. The lowest BCUT2D eigenvalue weighted by atomic mass is 9.94. The van der Waals surface area contributed by atoms with E-state index in [1.807, 2.05) is 12.1 Å². The van der Waals surface area contributed by atoms with Gasteiger partial charge in [-0.15, -0.1) is 0 Å². The summed E-state index contributed by atoms with van der Waals surface area (Å²) in [7, 11) is 0. The topological polar surface area (TPSA) is 25.8 Å². The first-order chi connectivity index (χ1) is 14.6. The van der Waals surface area contributed by atoms with E-state index in [0.717, 1.165) is 33.5 Å². The fourth-order valence-corrected chi connectivity index (χ4v) is 4.32. The maximum Gasteiger partial charge on any atom is 0.0975 e. The molecule has 3 aromatic carbocycles. The Morgan fingerprint density at radius 2 is 0.800 bits per heavy atom. The van der Waals surface area contributed by atoms with Crippen molar-refractivity contribution in [1.29, 1.82) is 0 Å². The molecule has 0 saturated heterocycles. The van der Waals surface area contributed by atoms with Crippen molar-refractivity contribution >= 4 is 21.8 Å². The molecule has 0 spiro atoms. The van der Waals surface area contributed by atoms with Crippen LogP contribution in [0.4, 0.5) is 0 Å². The number of aromatic nitrogens is 2. The summed E-state index contributed by atoms with van der Waals surface area (Å²) in [5.41, 5.74) is 11.3. The Balaban J connectivity index is 1.91. The standard InChI is InChI=1S/C28H24N2/c1-17-19(3)25(21-11-7-5-8-12-21)29-27-23(17)15-16-24-18(2)20(4)26(30-28(24)27)22-13-9-6-10-14-22/h5-16H,1-4H3. The third kappa shape index (κ3) is 2.80. The Morgan fingerprint density at radius 3 is 1.17 bits per heavy atom. The summed E-state index contributed by atoms with van der Waals surface area (Å²) in [5.74, 6) is 0. The van der Waals surface area contributed by atoms with Gasteiger partial charge in [0.1, 0.15) is 0 Å². The average Bonchev–Trinajstić information content (AvgIpc) is 2.79. The number of rotatable bonds is 2. The van der Waals surface area contributed by atoms with Crippen molar-refractivity contribution in [2.45, 2.75) is 27.7 Å². The molecule has 0 amide bonds. The molecule has 2 heterocycles. The molecule has 2 heteroatoms. The molecule has 0 fully saturated rings. The molecule has 0 aliphatic heterocycles. The quantitative estimate of drug-likeness (QED) is 0.295. The van der Waals surface area contributed by atoms with Crippen molar-refractivity contribution in [1.82, 2.24) is 9.97 Å². The van der Waals surface area contributed by atoms with Gasteiger partial charge in [-0.05, 0) is 49.9 Å².